The molecule has 2 saturated heterocycles. The zero-order chi connectivity index (χ0) is 18.8. The van der Waals surface area contributed by atoms with Gasteiger partial charge in [0.25, 0.3) is 10.2 Å². The second-order valence-corrected chi connectivity index (χ2v) is 9.20. The second kappa shape index (κ2) is 7.98. The van der Waals surface area contributed by atoms with Crippen LogP contribution in [0.4, 0.5) is 0 Å². The summed E-state index contributed by atoms with van der Waals surface area (Å²) in [7, 11) is 3.46. The number of rotatable bonds is 6. The van der Waals surface area contributed by atoms with E-state index in [1.54, 1.807) is 9.80 Å². The molecule has 2 amide bonds. The molecule has 2 aliphatic heterocycles. The Morgan fingerprint density at radius 3 is 2.24 bits per heavy atom. The number of nitrogens with zero attached hydrogens (tertiary/aromatic N) is 5. The van der Waals surface area contributed by atoms with Gasteiger partial charge in [0.05, 0.1) is 5.92 Å². The molecule has 0 unspecified atom stereocenters. The minimum Gasteiger partial charge on any atom is -0.341 e. The minimum atomic E-state index is -3.44. The Kier molecular flexibility index (Phi) is 6.41. The highest BCUT2D eigenvalue weighted by atomic mass is 32.2. The minimum absolute atomic E-state index is 0.0222. The molecular weight excluding hydrogens is 346 g/mol. The second-order valence-electron chi connectivity index (χ2n) is 7.06. The predicted octanol–water partition coefficient (Wildman–Crippen LogP) is -1.65. The standard InChI is InChI=1S/C15H29N5O4S/c1-16(2)5-6-19-12-13(11-14(19)21)15(22)18-7-9-20(10-8-18)25(23,24)17(3)4/h13H,5-12H2,1-4H3/t13-/m1/s1. The molecule has 9 nitrogen and oxygen atoms in total. The van der Waals surface area contributed by atoms with E-state index >= 15 is 0 Å². The lowest BCUT2D eigenvalue weighted by Crippen LogP contribution is -2.54. The Morgan fingerprint density at radius 1 is 1.12 bits per heavy atom. The predicted molar refractivity (Wildman–Crippen MR) is 94.0 cm³/mol. The highest BCUT2D eigenvalue weighted by Crippen LogP contribution is 2.21. The molecule has 0 aromatic carbocycles. The summed E-state index contributed by atoms with van der Waals surface area (Å²) in [5.41, 5.74) is 0. The summed E-state index contributed by atoms with van der Waals surface area (Å²) in [6.07, 6.45) is 0.252. The number of piperazine rings is 1. The van der Waals surface area contributed by atoms with Gasteiger partial charge in [-0.15, -0.1) is 0 Å². The first-order chi connectivity index (χ1) is 11.6. The molecule has 0 radical (unpaired) electrons. The molecule has 1 atom stereocenters. The fourth-order valence-electron chi connectivity index (χ4n) is 3.10. The molecule has 0 bridgehead atoms. The fourth-order valence-corrected chi connectivity index (χ4v) is 4.19. The van der Waals surface area contributed by atoms with Gasteiger partial charge < -0.3 is 14.7 Å². The smallest absolute Gasteiger partial charge is 0.281 e. The van der Waals surface area contributed by atoms with Crippen LogP contribution in [0.5, 0.6) is 0 Å². The van der Waals surface area contributed by atoms with Crippen LogP contribution in [0, 0.1) is 5.92 Å². The Hall–Kier alpha value is -1.23. The average molecular weight is 375 g/mol. The maximum atomic E-state index is 12.7. The normalized spacial score (nSPS) is 23.1. The van der Waals surface area contributed by atoms with Gasteiger partial charge >= 0.3 is 0 Å². The van der Waals surface area contributed by atoms with E-state index in [9.17, 15) is 18.0 Å². The van der Waals surface area contributed by atoms with Crippen LogP contribution in [-0.4, -0.2) is 118 Å². The van der Waals surface area contributed by atoms with Crippen molar-refractivity contribution in [2.45, 2.75) is 6.42 Å². The molecular formula is C15H29N5O4S. The van der Waals surface area contributed by atoms with E-state index in [0.717, 1.165) is 6.54 Å². The average Bonchev–Trinajstić information content (AvgIpc) is 2.93. The summed E-state index contributed by atoms with van der Waals surface area (Å²) >= 11 is 0. The zero-order valence-electron chi connectivity index (χ0n) is 15.5. The third-order valence-electron chi connectivity index (χ3n) is 4.72. The van der Waals surface area contributed by atoms with Crippen molar-refractivity contribution in [1.82, 2.24) is 23.3 Å². The van der Waals surface area contributed by atoms with Gasteiger partial charge in [0, 0.05) is 66.3 Å². The van der Waals surface area contributed by atoms with E-state index in [0.29, 0.717) is 26.2 Å². The van der Waals surface area contributed by atoms with E-state index < -0.39 is 10.2 Å². The molecule has 0 N–H and O–H groups in total. The number of amides is 2. The topological polar surface area (TPSA) is 84.5 Å². The number of likely N-dealkylation sites (tertiary alicyclic amines) is 1. The summed E-state index contributed by atoms with van der Waals surface area (Å²) in [5, 5.41) is 0. The fraction of sp³-hybridized carbons (Fsp3) is 0.867. The number of carbonyl (C=O) groups is 2. The number of hydrogen-bond acceptors (Lipinski definition) is 5. The van der Waals surface area contributed by atoms with E-state index in [2.05, 4.69) is 0 Å². The first-order valence-electron chi connectivity index (χ1n) is 8.52. The van der Waals surface area contributed by atoms with Crippen molar-refractivity contribution in [3.05, 3.63) is 0 Å². The van der Waals surface area contributed by atoms with Gasteiger partial charge in [-0.25, -0.2) is 0 Å². The number of hydrogen-bond donors (Lipinski definition) is 0. The van der Waals surface area contributed by atoms with Crippen molar-refractivity contribution in [2.75, 3.05) is 74.0 Å². The van der Waals surface area contributed by atoms with Crippen molar-refractivity contribution in [2.24, 2.45) is 5.92 Å². The van der Waals surface area contributed by atoms with E-state index in [4.69, 9.17) is 0 Å². The number of likely N-dealkylation sites (N-methyl/N-ethyl adjacent to an activating group) is 1. The molecule has 2 heterocycles. The summed E-state index contributed by atoms with van der Waals surface area (Å²) in [5.74, 6) is -0.330. The van der Waals surface area contributed by atoms with E-state index in [1.165, 1.54) is 22.7 Å². The van der Waals surface area contributed by atoms with Crippen molar-refractivity contribution < 1.29 is 18.0 Å². The molecule has 2 rings (SSSR count). The highest BCUT2D eigenvalue weighted by Gasteiger charge is 2.38. The summed E-state index contributed by atoms with van der Waals surface area (Å²) < 4.78 is 26.8. The van der Waals surface area contributed by atoms with E-state index in [1.807, 2.05) is 19.0 Å². The van der Waals surface area contributed by atoms with Crippen molar-refractivity contribution >= 4 is 22.0 Å². The highest BCUT2D eigenvalue weighted by molar-refractivity contribution is 7.86. The van der Waals surface area contributed by atoms with Crippen molar-refractivity contribution in [3.8, 4) is 0 Å². The molecule has 0 saturated carbocycles. The van der Waals surface area contributed by atoms with Gasteiger partial charge in [0.2, 0.25) is 11.8 Å². The lowest BCUT2D eigenvalue weighted by atomic mass is 10.1. The van der Waals surface area contributed by atoms with Crippen molar-refractivity contribution in [1.29, 1.82) is 0 Å². The van der Waals surface area contributed by atoms with Crippen LogP contribution in [-0.2, 0) is 19.8 Å². The molecule has 0 spiro atoms. The molecule has 2 fully saturated rings. The SMILES string of the molecule is CN(C)CCN1C[C@H](C(=O)N2CCN(S(=O)(=O)N(C)C)CC2)CC1=O. The van der Waals surface area contributed by atoms with Crippen LogP contribution in [0.3, 0.4) is 0 Å². The summed E-state index contributed by atoms with van der Waals surface area (Å²) in [6, 6.07) is 0. The largest absolute Gasteiger partial charge is 0.341 e. The lowest BCUT2D eigenvalue weighted by Gasteiger charge is -2.36. The first-order valence-corrected chi connectivity index (χ1v) is 9.91. The van der Waals surface area contributed by atoms with Crippen LogP contribution in [0.2, 0.25) is 0 Å². The Bertz CT molecular complexity index is 599. The van der Waals surface area contributed by atoms with Gasteiger partial charge in [-0.2, -0.15) is 17.0 Å². The Labute approximate surface area is 150 Å². The quantitative estimate of drug-likeness (QED) is 0.555. The summed E-state index contributed by atoms with van der Waals surface area (Å²) in [4.78, 5) is 30.2. The molecule has 0 aromatic rings. The maximum Gasteiger partial charge on any atom is 0.281 e. The van der Waals surface area contributed by atoms with Crippen LogP contribution < -0.4 is 0 Å². The molecule has 144 valence electrons. The maximum absolute atomic E-state index is 12.7. The van der Waals surface area contributed by atoms with Gasteiger partial charge in [-0.3, -0.25) is 9.59 Å². The van der Waals surface area contributed by atoms with Crippen molar-refractivity contribution in [3.63, 3.8) is 0 Å². The third-order valence-corrected chi connectivity index (χ3v) is 6.66. The number of carbonyl (C=O) groups excluding carboxylic acids is 2. The monoisotopic (exact) mass is 375 g/mol. The molecule has 10 heteroatoms. The van der Waals surface area contributed by atoms with Crippen LogP contribution in [0.15, 0.2) is 0 Å². The Balaban J connectivity index is 1.88. The van der Waals surface area contributed by atoms with Gasteiger partial charge in [-0.1, -0.05) is 0 Å². The molecule has 25 heavy (non-hydrogen) atoms. The van der Waals surface area contributed by atoms with Gasteiger partial charge in [0.15, 0.2) is 0 Å². The van der Waals surface area contributed by atoms with Crippen LogP contribution in [0.25, 0.3) is 0 Å². The molecule has 2 aliphatic rings. The molecule has 0 aromatic heterocycles. The summed E-state index contributed by atoms with van der Waals surface area (Å²) in [6.45, 7) is 3.18. The van der Waals surface area contributed by atoms with Crippen LogP contribution >= 0.6 is 0 Å². The van der Waals surface area contributed by atoms with Crippen LogP contribution in [0.1, 0.15) is 6.42 Å². The zero-order valence-corrected chi connectivity index (χ0v) is 16.3. The Morgan fingerprint density at radius 2 is 1.72 bits per heavy atom. The van der Waals surface area contributed by atoms with E-state index in [-0.39, 0.29) is 37.2 Å². The van der Waals surface area contributed by atoms with Gasteiger partial charge in [0.1, 0.15) is 0 Å². The first kappa shape index (κ1) is 20.1. The lowest BCUT2D eigenvalue weighted by molar-refractivity contribution is -0.137. The molecule has 0 aliphatic carbocycles. The van der Waals surface area contributed by atoms with Gasteiger partial charge in [-0.05, 0) is 14.1 Å². The third kappa shape index (κ3) is 4.69.